The molecule has 138 valence electrons. The molecule has 0 spiro atoms. The van der Waals surface area contributed by atoms with Crippen molar-refractivity contribution in [1.82, 2.24) is 10.6 Å². The number of benzene rings is 2. The first-order valence-electron chi connectivity index (χ1n) is 9.14. The number of halogens is 1. The zero-order chi connectivity index (χ0) is 18.2. The number of amides is 1. The van der Waals surface area contributed by atoms with Gasteiger partial charge < -0.3 is 15.4 Å². The maximum Gasteiger partial charge on any atom is 0.220 e. The Labute approximate surface area is 159 Å². The fourth-order valence-electron chi connectivity index (χ4n) is 3.17. The van der Waals surface area contributed by atoms with Crippen molar-refractivity contribution in [3.8, 4) is 5.75 Å². The van der Waals surface area contributed by atoms with Crippen molar-refractivity contribution in [3.63, 3.8) is 0 Å². The third kappa shape index (κ3) is 5.48. The Morgan fingerprint density at radius 3 is 2.69 bits per heavy atom. The normalized spacial score (nSPS) is 16.4. The number of para-hydroxylation sites is 1. The van der Waals surface area contributed by atoms with Gasteiger partial charge >= 0.3 is 0 Å². The van der Waals surface area contributed by atoms with E-state index in [4.69, 9.17) is 16.3 Å². The second-order valence-electron chi connectivity index (χ2n) is 6.66. The van der Waals surface area contributed by atoms with Gasteiger partial charge in [-0.2, -0.15) is 0 Å². The molecule has 0 aromatic heterocycles. The van der Waals surface area contributed by atoms with E-state index < -0.39 is 0 Å². The number of hydrogen-bond donors (Lipinski definition) is 2. The highest BCUT2D eigenvalue weighted by molar-refractivity contribution is 6.32. The second-order valence-corrected chi connectivity index (χ2v) is 7.07. The van der Waals surface area contributed by atoms with Gasteiger partial charge in [0.1, 0.15) is 12.4 Å². The highest BCUT2D eigenvalue weighted by Crippen LogP contribution is 2.24. The molecule has 4 nitrogen and oxygen atoms in total. The zero-order valence-corrected chi connectivity index (χ0v) is 15.6. The summed E-state index contributed by atoms with van der Waals surface area (Å²) in [6.45, 7) is 3.05. The van der Waals surface area contributed by atoms with Crippen LogP contribution in [-0.4, -0.2) is 19.0 Å². The number of rotatable bonds is 8. The van der Waals surface area contributed by atoms with E-state index in [-0.39, 0.29) is 5.91 Å². The van der Waals surface area contributed by atoms with Crippen LogP contribution in [0.5, 0.6) is 5.75 Å². The number of hydrogen-bond acceptors (Lipinski definition) is 3. The Balaban J connectivity index is 1.50. The molecule has 5 heteroatoms. The zero-order valence-electron chi connectivity index (χ0n) is 14.8. The molecular formula is C21H25ClN2O2. The first kappa shape index (κ1) is 18.7. The van der Waals surface area contributed by atoms with Gasteiger partial charge in [-0.15, -0.1) is 0 Å². The monoisotopic (exact) mass is 372 g/mol. The quantitative estimate of drug-likeness (QED) is 0.738. The largest absolute Gasteiger partial charge is 0.487 e. The van der Waals surface area contributed by atoms with Crippen molar-refractivity contribution in [1.29, 1.82) is 0 Å². The summed E-state index contributed by atoms with van der Waals surface area (Å²) in [5, 5.41) is 6.97. The molecule has 0 aliphatic carbocycles. The molecule has 3 rings (SSSR count). The lowest BCUT2D eigenvalue weighted by Crippen LogP contribution is -2.24. The average molecular weight is 373 g/mol. The molecule has 0 saturated carbocycles. The second kappa shape index (κ2) is 9.60. The molecule has 1 heterocycles. The topological polar surface area (TPSA) is 50.4 Å². The molecule has 1 atom stereocenters. The van der Waals surface area contributed by atoms with Crippen LogP contribution >= 0.6 is 11.6 Å². The molecule has 1 saturated heterocycles. The van der Waals surface area contributed by atoms with Crippen molar-refractivity contribution in [2.45, 2.75) is 32.4 Å². The molecule has 2 aromatic rings. The Bertz CT molecular complexity index is 729. The molecule has 26 heavy (non-hydrogen) atoms. The molecular weight excluding hydrogens is 348 g/mol. The van der Waals surface area contributed by atoms with Crippen molar-refractivity contribution >= 4 is 17.5 Å². The first-order valence-corrected chi connectivity index (χ1v) is 9.51. The van der Waals surface area contributed by atoms with E-state index in [1.165, 1.54) is 6.42 Å². The predicted octanol–water partition coefficient (Wildman–Crippen LogP) is 3.92. The summed E-state index contributed by atoms with van der Waals surface area (Å²) in [4.78, 5) is 12.1. The molecule has 2 aromatic carbocycles. The predicted molar refractivity (Wildman–Crippen MR) is 104 cm³/mol. The molecule has 0 bridgehead atoms. The van der Waals surface area contributed by atoms with Gasteiger partial charge in [0.15, 0.2) is 0 Å². The Morgan fingerprint density at radius 1 is 1.15 bits per heavy atom. The molecule has 2 N–H and O–H groups in total. The van der Waals surface area contributed by atoms with Crippen molar-refractivity contribution < 1.29 is 9.53 Å². The number of nitrogens with one attached hydrogen (secondary N) is 2. The Morgan fingerprint density at radius 2 is 1.92 bits per heavy atom. The van der Waals surface area contributed by atoms with Crippen LogP contribution in [0.15, 0.2) is 48.5 Å². The van der Waals surface area contributed by atoms with Gasteiger partial charge in [0, 0.05) is 13.0 Å². The molecule has 0 radical (unpaired) electrons. The van der Waals surface area contributed by atoms with Crippen LogP contribution in [0.25, 0.3) is 0 Å². The van der Waals surface area contributed by atoms with Gasteiger partial charge in [-0.25, -0.2) is 0 Å². The maximum atomic E-state index is 12.1. The summed E-state index contributed by atoms with van der Waals surface area (Å²) in [5.74, 6) is 1.41. The summed E-state index contributed by atoms with van der Waals surface area (Å²) in [6, 6.07) is 15.4. The van der Waals surface area contributed by atoms with Gasteiger partial charge in [0.2, 0.25) is 5.91 Å². The van der Waals surface area contributed by atoms with Crippen LogP contribution in [0.4, 0.5) is 0 Å². The lowest BCUT2D eigenvalue weighted by atomic mass is 10.0. The Hall–Kier alpha value is -2.04. The fourth-order valence-corrected chi connectivity index (χ4v) is 3.36. The van der Waals surface area contributed by atoms with E-state index in [1.807, 2.05) is 48.5 Å². The molecule has 1 aliphatic heterocycles. The Kier molecular flexibility index (Phi) is 6.92. The summed E-state index contributed by atoms with van der Waals surface area (Å²) >= 11 is 6.14. The van der Waals surface area contributed by atoms with Crippen molar-refractivity contribution in [2.75, 3.05) is 13.1 Å². The van der Waals surface area contributed by atoms with Gasteiger partial charge in [0.05, 0.1) is 5.02 Å². The van der Waals surface area contributed by atoms with E-state index in [1.54, 1.807) is 0 Å². The number of carbonyl (C=O) groups excluding carboxylic acids is 1. The minimum Gasteiger partial charge on any atom is -0.487 e. The smallest absolute Gasteiger partial charge is 0.220 e. The van der Waals surface area contributed by atoms with Gasteiger partial charge in [-0.1, -0.05) is 48.0 Å². The third-order valence-electron chi connectivity index (χ3n) is 4.76. The van der Waals surface area contributed by atoms with E-state index in [0.717, 1.165) is 30.6 Å². The summed E-state index contributed by atoms with van der Waals surface area (Å²) < 4.78 is 5.83. The number of ether oxygens (including phenoxy) is 1. The minimum atomic E-state index is 0.110. The van der Waals surface area contributed by atoms with E-state index in [0.29, 0.717) is 36.3 Å². The first-order chi connectivity index (χ1) is 12.7. The average Bonchev–Trinajstić information content (AvgIpc) is 3.18. The van der Waals surface area contributed by atoms with Crippen LogP contribution < -0.4 is 15.4 Å². The van der Waals surface area contributed by atoms with Crippen LogP contribution in [0, 0.1) is 5.92 Å². The van der Waals surface area contributed by atoms with Gasteiger partial charge in [-0.3, -0.25) is 4.79 Å². The summed E-state index contributed by atoms with van der Waals surface area (Å²) in [6.07, 6.45) is 2.72. The SMILES string of the molecule is O=C(CCC1CCNC1)NCc1ccccc1COc1ccccc1Cl. The highest BCUT2D eigenvalue weighted by atomic mass is 35.5. The molecule has 1 fully saturated rings. The van der Waals surface area contributed by atoms with Crippen LogP contribution in [-0.2, 0) is 17.9 Å². The van der Waals surface area contributed by atoms with Crippen LogP contribution in [0.1, 0.15) is 30.4 Å². The minimum absolute atomic E-state index is 0.110. The third-order valence-corrected chi connectivity index (χ3v) is 5.07. The van der Waals surface area contributed by atoms with Crippen LogP contribution in [0.3, 0.4) is 0 Å². The lowest BCUT2D eigenvalue weighted by molar-refractivity contribution is -0.121. The van der Waals surface area contributed by atoms with Gasteiger partial charge in [-0.05, 0) is 55.1 Å². The van der Waals surface area contributed by atoms with E-state index >= 15 is 0 Å². The van der Waals surface area contributed by atoms with E-state index in [2.05, 4.69) is 10.6 Å². The maximum absolute atomic E-state index is 12.1. The summed E-state index contributed by atoms with van der Waals surface area (Å²) in [7, 11) is 0. The van der Waals surface area contributed by atoms with Crippen molar-refractivity contribution in [2.24, 2.45) is 5.92 Å². The number of carbonyl (C=O) groups is 1. The summed E-state index contributed by atoms with van der Waals surface area (Å²) in [5.41, 5.74) is 2.11. The van der Waals surface area contributed by atoms with E-state index in [9.17, 15) is 4.79 Å². The highest BCUT2D eigenvalue weighted by Gasteiger charge is 2.15. The van der Waals surface area contributed by atoms with Gasteiger partial charge in [0.25, 0.3) is 0 Å². The fraction of sp³-hybridized carbons (Fsp3) is 0.381. The molecule has 1 unspecified atom stereocenters. The van der Waals surface area contributed by atoms with Crippen LogP contribution in [0.2, 0.25) is 5.02 Å². The molecule has 1 amide bonds. The standard InChI is InChI=1S/C21H25ClN2O2/c22-19-7-3-4-8-20(19)26-15-18-6-2-1-5-17(18)14-24-21(25)10-9-16-11-12-23-13-16/h1-8,16,23H,9-15H2,(H,24,25). The van der Waals surface area contributed by atoms with Crippen molar-refractivity contribution in [3.05, 3.63) is 64.7 Å². The molecule has 1 aliphatic rings. The lowest BCUT2D eigenvalue weighted by Gasteiger charge is -2.13.